The molecule has 2 saturated heterocycles. The van der Waals surface area contributed by atoms with Gasteiger partial charge in [0.15, 0.2) is 0 Å². The fourth-order valence-corrected chi connectivity index (χ4v) is 5.12. The van der Waals surface area contributed by atoms with Crippen LogP contribution in [0.15, 0.2) is 10.6 Å². The standard InChI is InChI=1S/C16H25N3O4S/c1-12-6-14(18-23-12)8-19-10-16(11-19)5-4-13(9-22-16)7-17-24(20,21)15-2-3-15/h6,13,15,17H,2-5,7-11H2,1H3/t13-/m1/s1. The number of hydrogen-bond donors (Lipinski definition) is 1. The van der Waals surface area contributed by atoms with Gasteiger partial charge < -0.3 is 9.26 Å². The summed E-state index contributed by atoms with van der Waals surface area (Å²) in [6.45, 7) is 5.68. The van der Waals surface area contributed by atoms with E-state index in [2.05, 4.69) is 14.8 Å². The van der Waals surface area contributed by atoms with Gasteiger partial charge in [-0.25, -0.2) is 13.1 Å². The van der Waals surface area contributed by atoms with E-state index in [-0.39, 0.29) is 16.8 Å². The minimum absolute atomic E-state index is 0.0371. The number of aryl methyl sites for hydroxylation is 1. The van der Waals surface area contributed by atoms with Crippen molar-refractivity contribution < 1.29 is 17.7 Å². The van der Waals surface area contributed by atoms with Crippen molar-refractivity contribution in [3.63, 3.8) is 0 Å². The molecule has 0 bridgehead atoms. The molecule has 1 spiro atoms. The Morgan fingerprint density at radius 3 is 2.75 bits per heavy atom. The Balaban J connectivity index is 1.20. The molecule has 3 aliphatic rings. The molecule has 24 heavy (non-hydrogen) atoms. The van der Waals surface area contributed by atoms with Crippen LogP contribution in [0.4, 0.5) is 0 Å². The third-order valence-electron chi connectivity index (χ3n) is 5.26. The van der Waals surface area contributed by atoms with E-state index >= 15 is 0 Å². The molecule has 1 aromatic rings. The van der Waals surface area contributed by atoms with Gasteiger partial charge >= 0.3 is 0 Å². The lowest BCUT2D eigenvalue weighted by atomic mass is 9.83. The quantitative estimate of drug-likeness (QED) is 0.821. The van der Waals surface area contributed by atoms with Gasteiger partial charge in [-0.05, 0) is 38.5 Å². The number of ether oxygens (including phenoxy) is 1. The van der Waals surface area contributed by atoms with Crippen LogP contribution in [0.2, 0.25) is 0 Å². The SMILES string of the molecule is Cc1cc(CN2CC3(CC[C@H](CNS(=O)(=O)C4CC4)CO3)C2)no1. The predicted molar refractivity (Wildman–Crippen MR) is 87.9 cm³/mol. The minimum Gasteiger partial charge on any atom is -0.372 e. The summed E-state index contributed by atoms with van der Waals surface area (Å²) in [5, 5.41) is 3.88. The summed E-state index contributed by atoms with van der Waals surface area (Å²) in [7, 11) is -3.08. The molecule has 1 aromatic heterocycles. The molecule has 134 valence electrons. The van der Waals surface area contributed by atoms with Gasteiger partial charge in [0.05, 0.1) is 23.2 Å². The van der Waals surface area contributed by atoms with Crippen molar-refractivity contribution in [2.24, 2.45) is 5.92 Å². The fourth-order valence-electron chi connectivity index (χ4n) is 3.66. The topological polar surface area (TPSA) is 84.7 Å². The Bertz CT molecular complexity index is 682. The molecule has 0 radical (unpaired) electrons. The molecule has 3 heterocycles. The summed E-state index contributed by atoms with van der Waals surface area (Å²) in [4.78, 5) is 2.31. The number of aromatic nitrogens is 1. The number of hydrogen-bond acceptors (Lipinski definition) is 6. The van der Waals surface area contributed by atoms with Gasteiger partial charge in [0.25, 0.3) is 0 Å². The van der Waals surface area contributed by atoms with Crippen LogP contribution >= 0.6 is 0 Å². The molecular weight excluding hydrogens is 330 g/mol. The van der Waals surface area contributed by atoms with E-state index in [1.807, 2.05) is 13.0 Å². The van der Waals surface area contributed by atoms with E-state index in [4.69, 9.17) is 9.26 Å². The first-order valence-electron chi connectivity index (χ1n) is 8.71. The molecule has 1 N–H and O–H groups in total. The van der Waals surface area contributed by atoms with Gasteiger partial charge in [-0.3, -0.25) is 4.90 Å². The summed E-state index contributed by atoms with van der Waals surface area (Å²) in [5.74, 6) is 1.13. The van der Waals surface area contributed by atoms with E-state index in [1.165, 1.54) is 0 Å². The fraction of sp³-hybridized carbons (Fsp3) is 0.812. The van der Waals surface area contributed by atoms with Gasteiger partial charge in [-0.1, -0.05) is 5.16 Å². The predicted octanol–water partition coefficient (Wildman–Crippen LogP) is 1.05. The molecular formula is C16H25N3O4S. The van der Waals surface area contributed by atoms with Crippen LogP contribution in [-0.4, -0.2) is 55.6 Å². The largest absolute Gasteiger partial charge is 0.372 e. The molecule has 4 rings (SSSR count). The Kier molecular flexibility index (Phi) is 4.19. The minimum atomic E-state index is -3.08. The lowest BCUT2D eigenvalue weighted by molar-refractivity contribution is -0.181. The lowest BCUT2D eigenvalue weighted by Crippen LogP contribution is -2.64. The highest BCUT2D eigenvalue weighted by atomic mass is 32.2. The van der Waals surface area contributed by atoms with Gasteiger partial charge in [-0.15, -0.1) is 0 Å². The zero-order valence-corrected chi connectivity index (χ0v) is 14.8. The van der Waals surface area contributed by atoms with Gasteiger partial charge in [0.2, 0.25) is 10.0 Å². The van der Waals surface area contributed by atoms with Crippen LogP contribution in [0.1, 0.15) is 37.1 Å². The van der Waals surface area contributed by atoms with Crippen LogP contribution in [0.25, 0.3) is 0 Å². The lowest BCUT2D eigenvalue weighted by Gasteiger charge is -2.52. The van der Waals surface area contributed by atoms with E-state index in [1.54, 1.807) is 0 Å². The van der Waals surface area contributed by atoms with Crippen molar-refractivity contribution in [3.8, 4) is 0 Å². The normalized spacial score (nSPS) is 27.3. The average molecular weight is 355 g/mol. The van der Waals surface area contributed by atoms with Gasteiger partial charge in [-0.2, -0.15) is 0 Å². The van der Waals surface area contributed by atoms with Gasteiger partial charge in [0, 0.05) is 32.2 Å². The summed E-state index contributed by atoms with van der Waals surface area (Å²) >= 11 is 0. The van der Waals surface area contributed by atoms with Crippen molar-refractivity contribution >= 4 is 10.0 Å². The summed E-state index contributed by atoms with van der Waals surface area (Å²) in [5.41, 5.74) is 0.926. The number of nitrogens with one attached hydrogen (secondary N) is 1. The maximum Gasteiger partial charge on any atom is 0.214 e. The van der Waals surface area contributed by atoms with Crippen LogP contribution in [0.3, 0.4) is 0 Å². The Morgan fingerprint density at radius 2 is 2.17 bits per heavy atom. The molecule has 0 amide bonds. The molecule has 2 aliphatic heterocycles. The highest BCUT2D eigenvalue weighted by Gasteiger charge is 2.46. The van der Waals surface area contributed by atoms with E-state index in [0.717, 1.165) is 56.8 Å². The highest BCUT2D eigenvalue weighted by molar-refractivity contribution is 7.90. The molecule has 1 aliphatic carbocycles. The first-order valence-corrected chi connectivity index (χ1v) is 10.3. The first-order chi connectivity index (χ1) is 11.4. The monoisotopic (exact) mass is 355 g/mol. The number of nitrogens with zero attached hydrogens (tertiary/aromatic N) is 2. The molecule has 0 aromatic carbocycles. The molecule has 0 unspecified atom stereocenters. The first kappa shape index (κ1) is 16.5. The van der Waals surface area contributed by atoms with Crippen molar-refractivity contribution in [1.29, 1.82) is 0 Å². The summed E-state index contributed by atoms with van der Waals surface area (Å²) in [6, 6.07) is 1.97. The van der Waals surface area contributed by atoms with Crippen LogP contribution in [0, 0.1) is 12.8 Å². The maximum atomic E-state index is 11.9. The van der Waals surface area contributed by atoms with Gasteiger partial charge in [0.1, 0.15) is 5.76 Å². The third-order valence-corrected chi connectivity index (χ3v) is 7.17. The second kappa shape index (κ2) is 6.09. The Labute approximate surface area is 142 Å². The van der Waals surface area contributed by atoms with Crippen molar-refractivity contribution in [2.75, 3.05) is 26.2 Å². The Morgan fingerprint density at radius 1 is 1.38 bits per heavy atom. The molecule has 1 saturated carbocycles. The molecule has 3 fully saturated rings. The average Bonchev–Trinajstić information content (AvgIpc) is 3.30. The maximum absolute atomic E-state index is 11.9. The number of rotatable bonds is 6. The second-order valence-corrected chi connectivity index (χ2v) is 9.61. The molecule has 7 nitrogen and oxygen atoms in total. The van der Waals surface area contributed by atoms with Crippen molar-refractivity contribution in [1.82, 2.24) is 14.8 Å². The van der Waals surface area contributed by atoms with Crippen LogP contribution in [-0.2, 0) is 21.3 Å². The van der Waals surface area contributed by atoms with Crippen molar-refractivity contribution in [2.45, 2.75) is 50.0 Å². The van der Waals surface area contributed by atoms with E-state index < -0.39 is 10.0 Å². The van der Waals surface area contributed by atoms with Crippen molar-refractivity contribution in [3.05, 3.63) is 17.5 Å². The molecule has 1 atom stereocenters. The van der Waals surface area contributed by atoms with Crippen LogP contribution in [0.5, 0.6) is 0 Å². The summed E-state index contributed by atoms with van der Waals surface area (Å²) in [6.07, 6.45) is 3.63. The molecule has 8 heteroatoms. The number of likely N-dealkylation sites (tertiary alicyclic amines) is 1. The van der Waals surface area contributed by atoms with Crippen LogP contribution < -0.4 is 4.72 Å². The number of sulfonamides is 1. The smallest absolute Gasteiger partial charge is 0.214 e. The van der Waals surface area contributed by atoms with E-state index in [9.17, 15) is 8.42 Å². The van der Waals surface area contributed by atoms with E-state index in [0.29, 0.717) is 13.2 Å². The second-order valence-electron chi connectivity index (χ2n) is 7.57. The zero-order valence-electron chi connectivity index (χ0n) is 14.0. The third kappa shape index (κ3) is 3.51. The Hall–Kier alpha value is -0.960. The highest BCUT2D eigenvalue weighted by Crippen LogP contribution is 2.36. The zero-order chi connectivity index (χ0) is 16.8. The summed E-state index contributed by atoms with van der Waals surface area (Å²) < 4.78 is 37.7.